The summed E-state index contributed by atoms with van der Waals surface area (Å²) < 4.78 is 14.9. The van der Waals surface area contributed by atoms with Gasteiger partial charge in [-0.2, -0.15) is 9.78 Å². The topological polar surface area (TPSA) is 96.3 Å². The first-order chi connectivity index (χ1) is 18.8. The Balaban J connectivity index is 1.39. The van der Waals surface area contributed by atoms with E-state index in [4.69, 9.17) is 23.2 Å². The van der Waals surface area contributed by atoms with Crippen molar-refractivity contribution in [3.8, 4) is 17.0 Å². The van der Waals surface area contributed by atoms with E-state index in [0.29, 0.717) is 22.5 Å². The second kappa shape index (κ2) is 11.5. The lowest BCUT2D eigenvalue weighted by molar-refractivity contribution is 0.102. The van der Waals surface area contributed by atoms with Gasteiger partial charge in [0.15, 0.2) is 0 Å². The van der Waals surface area contributed by atoms with Crippen LogP contribution < -0.4 is 10.6 Å². The van der Waals surface area contributed by atoms with E-state index in [9.17, 15) is 19.1 Å². The fourth-order valence-electron chi connectivity index (χ4n) is 4.84. The summed E-state index contributed by atoms with van der Waals surface area (Å²) >= 11 is 12.3. The van der Waals surface area contributed by atoms with Gasteiger partial charge < -0.3 is 15.7 Å². The predicted molar refractivity (Wildman–Crippen MR) is 149 cm³/mol. The van der Waals surface area contributed by atoms with Crippen LogP contribution in [0.2, 0.25) is 10.0 Å². The molecule has 7 nitrogen and oxygen atoms in total. The quantitative estimate of drug-likeness (QED) is 0.227. The number of amides is 2. The van der Waals surface area contributed by atoms with Crippen LogP contribution in [0.1, 0.15) is 53.2 Å². The third-order valence-electron chi connectivity index (χ3n) is 6.76. The Labute approximate surface area is 234 Å². The first kappa shape index (κ1) is 26.7. The molecule has 1 fully saturated rings. The molecule has 3 N–H and O–H groups in total. The maximum atomic E-state index is 13.5. The van der Waals surface area contributed by atoms with Crippen molar-refractivity contribution >= 4 is 40.8 Å². The van der Waals surface area contributed by atoms with Gasteiger partial charge in [0.25, 0.3) is 5.91 Å². The summed E-state index contributed by atoms with van der Waals surface area (Å²) in [5.74, 6) is -0.853. The van der Waals surface area contributed by atoms with E-state index in [1.165, 1.54) is 22.9 Å². The van der Waals surface area contributed by atoms with Crippen molar-refractivity contribution in [2.24, 2.45) is 0 Å². The second-order valence-corrected chi connectivity index (χ2v) is 10.2. The number of anilines is 1. The molecular formula is C29H25Cl2FN4O3. The van der Waals surface area contributed by atoms with Crippen LogP contribution in [0, 0.1) is 5.82 Å². The van der Waals surface area contributed by atoms with Crippen molar-refractivity contribution in [1.82, 2.24) is 15.1 Å². The minimum Gasteiger partial charge on any atom is -0.507 e. The normalized spacial score (nSPS) is 13.4. The number of aromatic nitrogens is 2. The van der Waals surface area contributed by atoms with Gasteiger partial charge in [0.05, 0.1) is 27.0 Å². The average molecular weight is 567 g/mol. The van der Waals surface area contributed by atoms with Gasteiger partial charge in [-0.3, -0.25) is 4.79 Å². The summed E-state index contributed by atoms with van der Waals surface area (Å²) in [6, 6.07) is 16.8. The molecule has 4 aromatic rings. The average Bonchev–Trinajstić information content (AvgIpc) is 3.58. The Hall–Kier alpha value is -3.88. The maximum Gasteiger partial charge on any atom is 0.342 e. The van der Waals surface area contributed by atoms with E-state index >= 15 is 0 Å². The number of nitrogens with one attached hydrogen (secondary N) is 2. The van der Waals surface area contributed by atoms with Crippen molar-refractivity contribution in [3.63, 3.8) is 0 Å². The smallest absolute Gasteiger partial charge is 0.342 e. The molecule has 0 bridgehead atoms. The zero-order valence-corrected chi connectivity index (χ0v) is 22.3. The predicted octanol–water partition coefficient (Wildman–Crippen LogP) is 7.37. The van der Waals surface area contributed by atoms with Crippen LogP contribution in [0.4, 0.5) is 14.9 Å². The lowest BCUT2D eigenvalue weighted by Gasteiger charge is -2.12. The number of nitrogens with zero attached hydrogens (tertiary/aromatic N) is 2. The largest absolute Gasteiger partial charge is 0.507 e. The highest BCUT2D eigenvalue weighted by molar-refractivity contribution is 6.40. The second-order valence-electron chi connectivity index (χ2n) is 9.42. The van der Waals surface area contributed by atoms with Gasteiger partial charge in [-0.1, -0.05) is 54.2 Å². The van der Waals surface area contributed by atoms with Crippen LogP contribution >= 0.6 is 23.2 Å². The molecule has 0 saturated heterocycles. The van der Waals surface area contributed by atoms with Crippen LogP contribution in [0.5, 0.6) is 5.75 Å². The molecule has 10 heteroatoms. The number of phenols is 1. The van der Waals surface area contributed by atoms with Crippen LogP contribution in [-0.4, -0.2) is 26.8 Å². The van der Waals surface area contributed by atoms with E-state index < -0.39 is 11.9 Å². The van der Waals surface area contributed by atoms with Crippen molar-refractivity contribution in [1.29, 1.82) is 0 Å². The molecule has 0 atom stereocenters. The van der Waals surface area contributed by atoms with Crippen LogP contribution in [0.3, 0.4) is 0 Å². The number of hydrogen-bond acceptors (Lipinski definition) is 4. The number of halogens is 3. The van der Waals surface area contributed by atoms with E-state index in [1.54, 1.807) is 42.5 Å². The fraction of sp³-hybridized carbons (Fsp3) is 0.207. The minimum absolute atomic E-state index is 0.124. The van der Waals surface area contributed by atoms with Crippen LogP contribution in [0.15, 0.2) is 66.7 Å². The van der Waals surface area contributed by atoms with Crippen molar-refractivity contribution in [3.05, 3.63) is 99.4 Å². The van der Waals surface area contributed by atoms with E-state index in [1.807, 2.05) is 6.07 Å². The molecule has 1 aromatic heterocycles. The number of aromatic hydroxyl groups is 1. The minimum atomic E-state index is -0.513. The SMILES string of the molecule is O=C(Nc1ccc(-c2cc(C3CCCC3)n(C(=O)NCc3cccc(F)c3)n2)c(O)c1)c1c(Cl)cccc1Cl. The van der Waals surface area contributed by atoms with Gasteiger partial charge in [-0.05, 0) is 60.9 Å². The molecule has 5 rings (SSSR count). The summed E-state index contributed by atoms with van der Waals surface area (Å²) in [5, 5.41) is 21.3. The molecule has 1 aliphatic carbocycles. The molecule has 0 unspecified atom stereocenters. The Morgan fingerprint density at radius 3 is 2.41 bits per heavy atom. The Morgan fingerprint density at radius 2 is 1.72 bits per heavy atom. The number of benzene rings is 3. The van der Waals surface area contributed by atoms with E-state index in [2.05, 4.69) is 15.7 Å². The maximum absolute atomic E-state index is 13.5. The van der Waals surface area contributed by atoms with Gasteiger partial charge in [-0.25, -0.2) is 9.18 Å². The molecule has 1 heterocycles. The lowest BCUT2D eigenvalue weighted by atomic mass is 10.0. The first-order valence-corrected chi connectivity index (χ1v) is 13.3. The summed E-state index contributed by atoms with van der Waals surface area (Å²) in [4.78, 5) is 25.9. The molecule has 0 spiro atoms. The van der Waals surface area contributed by atoms with Crippen molar-refractivity contribution in [2.45, 2.75) is 38.1 Å². The van der Waals surface area contributed by atoms with Crippen LogP contribution in [-0.2, 0) is 6.54 Å². The van der Waals surface area contributed by atoms with E-state index in [-0.39, 0.29) is 39.6 Å². The van der Waals surface area contributed by atoms with Gasteiger partial charge in [0.2, 0.25) is 0 Å². The number of carbonyl (C=O) groups excluding carboxylic acids is 2. The molecule has 1 aliphatic rings. The number of hydrogen-bond donors (Lipinski definition) is 3. The van der Waals surface area contributed by atoms with Gasteiger partial charge in [0.1, 0.15) is 11.6 Å². The first-order valence-electron chi connectivity index (χ1n) is 12.5. The monoisotopic (exact) mass is 566 g/mol. The Morgan fingerprint density at radius 1 is 1.00 bits per heavy atom. The molecule has 2 amide bonds. The molecular weight excluding hydrogens is 542 g/mol. The third-order valence-corrected chi connectivity index (χ3v) is 7.39. The highest BCUT2D eigenvalue weighted by Gasteiger charge is 2.26. The number of phenolic OH excluding ortho intramolecular Hbond substituents is 1. The zero-order valence-electron chi connectivity index (χ0n) is 20.8. The van der Waals surface area contributed by atoms with Crippen LogP contribution in [0.25, 0.3) is 11.3 Å². The summed E-state index contributed by atoms with van der Waals surface area (Å²) in [6.07, 6.45) is 3.99. The van der Waals surface area contributed by atoms with Gasteiger partial charge in [-0.15, -0.1) is 0 Å². The van der Waals surface area contributed by atoms with Crippen molar-refractivity contribution < 1.29 is 19.1 Å². The number of rotatable bonds is 6. The molecule has 1 saturated carbocycles. The fourth-order valence-corrected chi connectivity index (χ4v) is 5.41. The standard InChI is InChI=1S/C29H25Cl2FN4O3/c30-22-9-4-10-23(31)27(22)28(38)34-20-11-12-21(26(37)14-20)24-15-25(18-6-1-2-7-18)36(35-24)29(39)33-16-17-5-3-8-19(32)13-17/h3-5,8-15,18,37H,1-2,6-7,16H2,(H,33,39)(H,34,38). The Kier molecular flexibility index (Phi) is 7.86. The van der Waals surface area contributed by atoms with Crippen molar-refractivity contribution in [2.75, 3.05) is 5.32 Å². The molecule has 0 radical (unpaired) electrons. The molecule has 0 aliphatic heterocycles. The zero-order chi connectivity index (χ0) is 27.5. The Bertz CT molecular complexity index is 1530. The van der Waals surface area contributed by atoms with Gasteiger partial charge in [0, 0.05) is 29.8 Å². The highest BCUT2D eigenvalue weighted by atomic mass is 35.5. The molecule has 200 valence electrons. The molecule has 3 aromatic carbocycles. The summed E-state index contributed by atoms with van der Waals surface area (Å²) in [6.45, 7) is 0.144. The van der Waals surface area contributed by atoms with Gasteiger partial charge >= 0.3 is 6.03 Å². The third kappa shape index (κ3) is 5.92. The highest BCUT2D eigenvalue weighted by Crippen LogP contribution is 2.38. The number of carbonyl (C=O) groups is 2. The van der Waals surface area contributed by atoms with E-state index in [0.717, 1.165) is 31.4 Å². The molecule has 39 heavy (non-hydrogen) atoms. The summed E-state index contributed by atoms with van der Waals surface area (Å²) in [7, 11) is 0. The summed E-state index contributed by atoms with van der Waals surface area (Å²) in [5.41, 5.74) is 2.67. The lowest BCUT2D eigenvalue weighted by Crippen LogP contribution is -2.30.